The van der Waals surface area contributed by atoms with Crippen LogP contribution in [0.1, 0.15) is 59.3 Å². The third-order valence-electron chi connectivity index (χ3n) is 3.73. The third-order valence-corrected chi connectivity index (χ3v) is 5.63. The zero-order valence-electron chi connectivity index (χ0n) is 11.7. The van der Waals surface area contributed by atoms with Gasteiger partial charge in [0.1, 0.15) is 0 Å². The molecule has 0 heterocycles. The van der Waals surface area contributed by atoms with Crippen LogP contribution in [0.4, 0.5) is 0 Å². The van der Waals surface area contributed by atoms with Crippen molar-refractivity contribution in [2.45, 2.75) is 70.6 Å². The Balaban J connectivity index is 2.39. The van der Waals surface area contributed by atoms with Crippen molar-refractivity contribution in [1.29, 1.82) is 0 Å². The van der Waals surface area contributed by atoms with E-state index in [4.69, 9.17) is 0 Å². The Hall–Kier alpha value is 0.110. The van der Waals surface area contributed by atoms with Crippen LogP contribution in [0.15, 0.2) is 0 Å². The molecule has 0 saturated heterocycles. The van der Waals surface area contributed by atoms with Gasteiger partial charge in [0.25, 0.3) is 0 Å². The Bertz CT molecular complexity index is 224. The highest BCUT2D eigenvalue weighted by atomic mass is 32.2. The van der Waals surface area contributed by atoms with Crippen molar-refractivity contribution in [2.24, 2.45) is 5.92 Å². The summed E-state index contributed by atoms with van der Waals surface area (Å²) in [6.45, 7) is 7.68. The van der Waals surface area contributed by atoms with Crippen LogP contribution in [0.5, 0.6) is 0 Å². The van der Waals surface area contributed by atoms with Gasteiger partial charge in [0.15, 0.2) is 0 Å². The molecule has 0 spiro atoms. The van der Waals surface area contributed by atoms with Crippen molar-refractivity contribution in [3.8, 4) is 0 Å². The molecular weight excluding hydrogens is 230 g/mol. The van der Waals surface area contributed by atoms with Crippen LogP contribution in [0.25, 0.3) is 0 Å². The summed E-state index contributed by atoms with van der Waals surface area (Å²) in [5.74, 6) is 1.43. The minimum atomic E-state index is -0.623. The van der Waals surface area contributed by atoms with Gasteiger partial charge in [0, 0.05) is 27.8 Å². The van der Waals surface area contributed by atoms with Crippen LogP contribution >= 0.6 is 0 Å². The molecule has 0 aromatic heterocycles. The summed E-state index contributed by atoms with van der Waals surface area (Å²) < 4.78 is 12.3. The SMILES string of the molecule is CCCNC(CS(=O)C1CCCCC1)C(C)C. The molecule has 17 heavy (non-hydrogen) atoms. The van der Waals surface area contributed by atoms with E-state index in [0.29, 0.717) is 17.2 Å². The molecule has 0 amide bonds. The summed E-state index contributed by atoms with van der Waals surface area (Å²) in [7, 11) is -0.623. The number of hydrogen-bond donors (Lipinski definition) is 1. The van der Waals surface area contributed by atoms with Crippen LogP contribution in [-0.4, -0.2) is 27.8 Å². The van der Waals surface area contributed by atoms with Gasteiger partial charge in [-0.25, -0.2) is 0 Å². The number of hydrogen-bond acceptors (Lipinski definition) is 2. The first kappa shape index (κ1) is 15.2. The van der Waals surface area contributed by atoms with Gasteiger partial charge in [0.2, 0.25) is 0 Å². The van der Waals surface area contributed by atoms with Gasteiger partial charge in [-0.05, 0) is 31.7 Å². The molecule has 0 bridgehead atoms. The lowest BCUT2D eigenvalue weighted by Gasteiger charge is -2.26. The van der Waals surface area contributed by atoms with Crippen molar-refractivity contribution in [3.63, 3.8) is 0 Å². The highest BCUT2D eigenvalue weighted by Crippen LogP contribution is 2.23. The predicted molar refractivity (Wildman–Crippen MR) is 76.8 cm³/mol. The Morgan fingerprint density at radius 2 is 1.88 bits per heavy atom. The molecule has 3 heteroatoms. The summed E-state index contributed by atoms with van der Waals surface area (Å²) in [5.41, 5.74) is 0. The predicted octanol–water partition coefficient (Wildman–Crippen LogP) is 3.09. The maximum absolute atomic E-state index is 12.3. The molecule has 1 aliphatic carbocycles. The molecular formula is C14H29NOS. The van der Waals surface area contributed by atoms with Crippen molar-refractivity contribution in [1.82, 2.24) is 5.32 Å². The largest absolute Gasteiger partial charge is 0.313 e. The average molecular weight is 259 g/mol. The molecule has 2 atom stereocenters. The summed E-state index contributed by atoms with van der Waals surface area (Å²) in [6.07, 6.45) is 7.43. The molecule has 0 aromatic carbocycles. The minimum Gasteiger partial charge on any atom is -0.313 e. The van der Waals surface area contributed by atoms with E-state index >= 15 is 0 Å². The maximum Gasteiger partial charge on any atom is 0.0394 e. The van der Waals surface area contributed by atoms with Crippen molar-refractivity contribution < 1.29 is 4.21 Å². The summed E-state index contributed by atoms with van der Waals surface area (Å²) in [5, 5.41) is 4.03. The van der Waals surface area contributed by atoms with Crippen LogP contribution < -0.4 is 5.32 Å². The van der Waals surface area contributed by atoms with E-state index in [9.17, 15) is 4.21 Å². The number of nitrogens with one attached hydrogen (secondary N) is 1. The second-order valence-electron chi connectivity index (χ2n) is 5.61. The molecule has 1 rings (SSSR count). The molecule has 0 aliphatic heterocycles. The van der Waals surface area contributed by atoms with Crippen LogP contribution in [0.3, 0.4) is 0 Å². The molecule has 1 saturated carbocycles. The Morgan fingerprint density at radius 1 is 1.24 bits per heavy atom. The lowest BCUT2D eigenvalue weighted by Crippen LogP contribution is -2.40. The number of rotatable bonds is 7. The molecule has 2 nitrogen and oxygen atoms in total. The normalized spacial score (nSPS) is 21.6. The van der Waals surface area contributed by atoms with E-state index in [1.807, 2.05) is 0 Å². The smallest absolute Gasteiger partial charge is 0.0394 e. The van der Waals surface area contributed by atoms with Gasteiger partial charge < -0.3 is 5.32 Å². The van der Waals surface area contributed by atoms with Crippen LogP contribution in [0, 0.1) is 5.92 Å². The zero-order chi connectivity index (χ0) is 12.7. The molecule has 1 N–H and O–H groups in total. The van der Waals surface area contributed by atoms with Crippen molar-refractivity contribution in [3.05, 3.63) is 0 Å². The molecule has 0 radical (unpaired) electrons. The highest BCUT2D eigenvalue weighted by Gasteiger charge is 2.23. The fraction of sp³-hybridized carbons (Fsp3) is 1.00. The minimum absolute atomic E-state index is 0.428. The Morgan fingerprint density at radius 3 is 2.41 bits per heavy atom. The van der Waals surface area contributed by atoms with E-state index < -0.39 is 10.8 Å². The maximum atomic E-state index is 12.3. The first-order valence-electron chi connectivity index (χ1n) is 7.25. The van der Waals surface area contributed by atoms with Crippen LogP contribution in [-0.2, 0) is 10.8 Å². The van der Waals surface area contributed by atoms with Crippen LogP contribution in [0.2, 0.25) is 0 Å². The third kappa shape index (κ3) is 5.52. The first-order chi connectivity index (χ1) is 8.15. The Labute approximate surface area is 109 Å². The standard InChI is InChI=1S/C14H29NOS/c1-4-10-15-14(12(2)3)11-17(16)13-8-6-5-7-9-13/h12-15H,4-11H2,1-3H3. The monoisotopic (exact) mass is 259 g/mol. The van der Waals surface area contributed by atoms with Crippen molar-refractivity contribution in [2.75, 3.05) is 12.3 Å². The first-order valence-corrected chi connectivity index (χ1v) is 8.64. The van der Waals surface area contributed by atoms with Gasteiger partial charge in [-0.15, -0.1) is 0 Å². The van der Waals surface area contributed by atoms with E-state index in [0.717, 1.165) is 18.7 Å². The summed E-state index contributed by atoms with van der Waals surface area (Å²) in [6, 6.07) is 0.428. The van der Waals surface area contributed by atoms with Gasteiger partial charge >= 0.3 is 0 Å². The molecule has 2 unspecified atom stereocenters. The van der Waals surface area contributed by atoms with Gasteiger partial charge in [0.05, 0.1) is 0 Å². The average Bonchev–Trinajstić information content (AvgIpc) is 2.35. The zero-order valence-corrected chi connectivity index (χ0v) is 12.5. The lowest BCUT2D eigenvalue weighted by atomic mass is 10.0. The van der Waals surface area contributed by atoms with E-state index in [2.05, 4.69) is 26.1 Å². The highest BCUT2D eigenvalue weighted by molar-refractivity contribution is 7.85. The quantitative estimate of drug-likeness (QED) is 0.761. The Kier molecular flexibility index (Phi) is 7.36. The molecule has 102 valence electrons. The molecule has 1 fully saturated rings. The van der Waals surface area contributed by atoms with Gasteiger partial charge in [-0.2, -0.15) is 0 Å². The van der Waals surface area contributed by atoms with Gasteiger partial charge in [-0.3, -0.25) is 4.21 Å². The summed E-state index contributed by atoms with van der Waals surface area (Å²) in [4.78, 5) is 0. The molecule has 1 aliphatic rings. The topological polar surface area (TPSA) is 29.1 Å². The fourth-order valence-electron chi connectivity index (χ4n) is 2.46. The lowest BCUT2D eigenvalue weighted by molar-refractivity contribution is 0.427. The second-order valence-corrected chi connectivity index (χ2v) is 7.37. The van der Waals surface area contributed by atoms with E-state index in [-0.39, 0.29) is 0 Å². The fourth-order valence-corrected chi connectivity index (χ4v) is 4.45. The van der Waals surface area contributed by atoms with Crippen molar-refractivity contribution >= 4 is 10.8 Å². The molecule has 0 aromatic rings. The summed E-state index contributed by atoms with van der Waals surface area (Å²) >= 11 is 0. The van der Waals surface area contributed by atoms with E-state index in [1.165, 1.54) is 32.1 Å². The van der Waals surface area contributed by atoms with E-state index in [1.54, 1.807) is 0 Å². The second kappa shape index (κ2) is 8.25. The van der Waals surface area contributed by atoms with Gasteiger partial charge in [-0.1, -0.05) is 40.0 Å².